The van der Waals surface area contributed by atoms with Crippen molar-refractivity contribution in [2.45, 2.75) is 70.8 Å². The van der Waals surface area contributed by atoms with Crippen LogP contribution < -0.4 is 0 Å². The van der Waals surface area contributed by atoms with Gasteiger partial charge in [0.15, 0.2) is 5.78 Å². The minimum absolute atomic E-state index is 0.258. The van der Waals surface area contributed by atoms with E-state index >= 15 is 0 Å². The molecule has 0 aromatic rings. The van der Waals surface area contributed by atoms with Crippen LogP contribution in [0.1, 0.15) is 65.2 Å². The highest BCUT2D eigenvalue weighted by molar-refractivity contribution is 5.89. The van der Waals surface area contributed by atoms with E-state index in [4.69, 9.17) is 4.74 Å². The van der Waals surface area contributed by atoms with Crippen LogP contribution in [0, 0.1) is 0 Å². The second kappa shape index (κ2) is 6.95. The largest absolute Gasteiger partial charge is 0.367 e. The number of Topliss-reactive ketones (excluding diaryl/α,β-unsaturated/α-hetero) is 1. The maximum atomic E-state index is 12.4. The Bertz CT molecular complexity index is 260. The zero-order valence-corrected chi connectivity index (χ0v) is 11.4. The number of carbonyl (C=O) groups excluding carboxylic acids is 1. The van der Waals surface area contributed by atoms with Crippen LogP contribution in [0.15, 0.2) is 12.2 Å². The second-order valence-corrected chi connectivity index (χ2v) is 5.05. The molecule has 0 spiro atoms. The van der Waals surface area contributed by atoms with Gasteiger partial charge in [0.05, 0.1) is 0 Å². The van der Waals surface area contributed by atoms with Gasteiger partial charge < -0.3 is 4.74 Å². The van der Waals surface area contributed by atoms with Gasteiger partial charge in [-0.2, -0.15) is 0 Å². The molecule has 0 aromatic carbocycles. The summed E-state index contributed by atoms with van der Waals surface area (Å²) < 4.78 is 5.87. The van der Waals surface area contributed by atoms with Crippen LogP contribution in [-0.2, 0) is 9.53 Å². The summed E-state index contributed by atoms with van der Waals surface area (Å²) in [5, 5.41) is 0. The van der Waals surface area contributed by atoms with Crippen molar-refractivity contribution in [2.75, 3.05) is 6.61 Å². The fourth-order valence-electron chi connectivity index (χ4n) is 2.59. The minimum atomic E-state index is -0.497. The number of carbonyl (C=O) groups is 1. The Labute approximate surface area is 105 Å². The molecule has 1 rings (SSSR count). The van der Waals surface area contributed by atoms with Crippen LogP contribution in [0.5, 0.6) is 0 Å². The molecule has 0 amide bonds. The first-order valence-corrected chi connectivity index (χ1v) is 6.98. The zero-order valence-electron chi connectivity index (χ0n) is 11.4. The van der Waals surface area contributed by atoms with Crippen LogP contribution in [0.4, 0.5) is 0 Å². The molecule has 1 aliphatic rings. The van der Waals surface area contributed by atoms with Crippen molar-refractivity contribution in [3.05, 3.63) is 12.2 Å². The first-order chi connectivity index (χ1) is 8.14. The number of ketones is 1. The predicted molar refractivity (Wildman–Crippen MR) is 71.1 cm³/mol. The van der Waals surface area contributed by atoms with E-state index in [9.17, 15) is 4.79 Å². The van der Waals surface area contributed by atoms with Crippen LogP contribution in [0.25, 0.3) is 0 Å². The maximum Gasteiger partial charge on any atom is 0.168 e. The third-order valence-electron chi connectivity index (χ3n) is 3.75. The number of hydrogen-bond donors (Lipinski definition) is 0. The van der Waals surface area contributed by atoms with E-state index in [0.29, 0.717) is 13.0 Å². The summed E-state index contributed by atoms with van der Waals surface area (Å²) >= 11 is 0. The molecule has 17 heavy (non-hydrogen) atoms. The summed E-state index contributed by atoms with van der Waals surface area (Å²) in [4.78, 5) is 12.4. The van der Waals surface area contributed by atoms with Crippen molar-refractivity contribution in [3.63, 3.8) is 0 Å². The molecule has 1 aliphatic carbocycles. The fraction of sp³-hybridized carbons (Fsp3) is 0.800. The van der Waals surface area contributed by atoms with Gasteiger partial charge in [0.1, 0.15) is 5.60 Å². The van der Waals surface area contributed by atoms with E-state index in [-0.39, 0.29) is 5.78 Å². The van der Waals surface area contributed by atoms with Gasteiger partial charge in [0.25, 0.3) is 0 Å². The molecule has 0 atom stereocenters. The topological polar surface area (TPSA) is 26.3 Å². The lowest BCUT2D eigenvalue weighted by atomic mass is 9.86. The molecule has 2 heteroatoms. The van der Waals surface area contributed by atoms with Crippen molar-refractivity contribution in [2.24, 2.45) is 0 Å². The van der Waals surface area contributed by atoms with Gasteiger partial charge in [0, 0.05) is 13.0 Å². The lowest BCUT2D eigenvalue weighted by molar-refractivity contribution is -0.145. The molecule has 0 aromatic heterocycles. The lowest BCUT2D eigenvalue weighted by Gasteiger charge is -2.31. The minimum Gasteiger partial charge on any atom is -0.367 e. The van der Waals surface area contributed by atoms with E-state index < -0.39 is 5.60 Å². The third kappa shape index (κ3) is 3.95. The third-order valence-corrected chi connectivity index (χ3v) is 3.75. The summed E-state index contributed by atoms with van der Waals surface area (Å²) in [7, 11) is 0. The smallest absolute Gasteiger partial charge is 0.168 e. The van der Waals surface area contributed by atoms with E-state index in [1.165, 1.54) is 12.8 Å². The van der Waals surface area contributed by atoms with Gasteiger partial charge >= 0.3 is 0 Å². The Morgan fingerprint density at radius 3 is 2.24 bits per heavy atom. The summed E-state index contributed by atoms with van der Waals surface area (Å²) in [6.45, 7) is 8.61. The Balaban J connectivity index is 2.74. The van der Waals surface area contributed by atoms with Gasteiger partial charge in [-0.3, -0.25) is 4.79 Å². The summed E-state index contributed by atoms with van der Waals surface area (Å²) in [6, 6.07) is 0. The summed E-state index contributed by atoms with van der Waals surface area (Å²) in [5.41, 5.74) is 0.530. The molecule has 0 radical (unpaired) electrons. The normalized spacial score (nSPS) is 19.6. The average Bonchev–Trinajstić information content (AvgIpc) is 2.56. The average molecular weight is 238 g/mol. The SMILES string of the molecule is C=C(CC)CC(=O)C1(OCC)CCCCCC1. The fourth-order valence-corrected chi connectivity index (χ4v) is 2.59. The van der Waals surface area contributed by atoms with Crippen molar-refractivity contribution >= 4 is 5.78 Å². The summed E-state index contributed by atoms with van der Waals surface area (Å²) in [5.74, 6) is 0.258. The van der Waals surface area contributed by atoms with Gasteiger partial charge in [0.2, 0.25) is 0 Å². The van der Waals surface area contributed by atoms with Gasteiger partial charge in [-0.1, -0.05) is 44.8 Å². The van der Waals surface area contributed by atoms with E-state index in [2.05, 4.69) is 13.5 Å². The standard InChI is InChI=1S/C15H26O2/c1-4-13(3)12-14(16)15(17-5-2)10-8-6-7-9-11-15/h3-12H2,1-2H3. The Kier molecular flexibility index (Phi) is 5.90. The van der Waals surface area contributed by atoms with Crippen LogP contribution >= 0.6 is 0 Å². The maximum absolute atomic E-state index is 12.4. The Morgan fingerprint density at radius 1 is 1.18 bits per heavy atom. The number of ether oxygens (including phenoxy) is 1. The molecule has 0 heterocycles. The quantitative estimate of drug-likeness (QED) is 0.515. The van der Waals surface area contributed by atoms with Crippen LogP contribution in [0.3, 0.4) is 0 Å². The van der Waals surface area contributed by atoms with Crippen LogP contribution in [-0.4, -0.2) is 18.0 Å². The first-order valence-electron chi connectivity index (χ1n) is 6.98. The van der Waals surface area contributed by atoms with Crippen LogP contribution in [0.2, 0.25) is 0 Å². The molecule has 0 saturated heterocycles. The zero-order chi connectivity index (χ0) is 12.7. The number of hydrogen-bond acceptors (Lipinski definition) is 2. The van der Waals surface area contributed by atoms with Crippen molar-refractivity contribution in [3.8, 4) is 0 Å². The summed E-state index contributed by atoms with van der Waals surface area (Å²) in [6.07, 6.45) is 7.88. The Morgan fingerprint density at radius 2 is 1.76 bits per heavy atom. The lowest BCUT2D eigenvalue weighted by Crippen LogP contribution is -2.41. The van der Waals surface area contributed by atoms with Gasteiger partial charge in [-0.25, -0.2) is 0 Å². The van der Waals surface area contributed by atoms with Crippen molar-refractivity contribution in [1.29, 1.82) is 0 Å². The monoisotopic (exact) mass is 238 g/mol. The molecular formula is C15H26O2. The van der Waals surface area contributed by atoms with E-state index in [1.54, 1.807) is 0 Å². The highest BCUT2D eigenvalue weighted by Gasteiger charge is 2.38. The second-order valence-electron chi connectivity index (χ2n) is 5.05. The molecule has 0 unspecified atom stereocenters. The van der Waals surface area contributed by atoms with Gasteiger partial charge in [-0.05, 0) is 26.2 Å². The number of allylic oxidation sites excluding steroid dienone is 1. The molecular weight excluding hydrogens is 212 g/mol. The molecule has 0 N–H and O–H groups in total. The number of rotatable bonds is 6. The van der Waals surface area contributed by atoms with E-state index in [1.807, 2.05) is 6.92 Å². The molecule has 0 bridgehead atoms. The molecule has 98 valence electrons. The highest BCUT2D eigenvalue weighted by atomic mass is 16.5. The van der Waals surface area contributed by atoms with Crippen molar-refractivity contribution < 1.29 is 9.53 Å². The van der Waals surface area contributed by atoms with E-state index in [0.717, 1.165) is 37.7 Å². The van der Waals surface area contributed by atoms with Crippen molar-refractivity contribution in [1.82, 2.24) is 0 Å². The van der Waals surface area contributed by atoms with Gasteiger partial charge in [-0.15, -0.1) is 0 Å². The highest BCUT2D eigenvalue weighted by Crippen LogP contribution is 2.33. The Hall–Kier alpha value is -0.630. The molecule has 2 nitrogen and oxygen atoms in total. The molecule has 1 fully saturated rings. The predicted octanol–water partition coefficient (Wildman–Crippen LogP) is 4.04. The molecule has 0 aliphatic heterocycles. The molecule has 1 saturated carbocycles. The first kappa shape index (κ1) is 14.4.